The van der Waals surface area contributed by atoms with Crippen LogP contribution in [0, 0.1) is 0 Å². The van der Waals surface area contributed by atoms with Crippen LogP contribution in [0.15, 0.2) is 33.4 Å². The predicted molar refractivity (Wildman–Crippen MR) is 68.9 cm³/mol. The molecule has 1 aromatic carbocycles. The first-order valence-corrected chi connectivity index (χ1v) is 6.33. The summed E-state index contributed by atoms with van der Waals surface area (Å²) in [4.78, 5) is 23.2. The van der Waals surface area contributed by atoms with E-state index in [9.17, 15) is 9.59 Å². The lowest BCUT2D eigenvalue weighted by molar-refractivity contribution is -0.134. The number of hydrogen-bond donors (Lipinski definition) is 1. The smallest absolute Gasteiger partial charge is 0.235 e. The molecule has 4 rings (SSSR count). The number of nitrogens with zero attached hydrogens (tertiary/aromatic N) is 1. The number of furan rings is 1. The first kappa shape index (κ1) is 11.2. The zero-order chi connectivity index (χ0) is 13.7. The number of imide groups is 1. The molecule has 0 saturated carbocycles. The Morgan fingerprint density at radius 2 is 2.15 bits per heavy atom. The molecule has 3 heterocycles. The van der Waals surface area contributed by atoms with E-state index in [2.05, 4.69) is 10.5 Å². The highest BCUT2D eigenvalue weighted by Crippen LogP contribution is 2.35. The minimum absolute atomic E-state index is 0.248. The fourth-order valence-electron chi connectivity index (χ4n) is 2.67. The molecule has 0 radical (unpaired) electrons. The summed E-state index contributed by atoms with van der Waals surface area (Å²) in [6.07, 6.45) is 2.33. The molecular formula is C14H10N2O4. The Morgan fingerprint density at radius 3 is 3.00 bits per heavy atom. The van der Waals surface area contributed by atoms with Gasteiger partial charge in [-0.1, -0.05) is 5.16 Å². The van der Waals surface area contributed by atoms with E-state index in [1.54, 1.807) is 12.3 Å². The summed E-state index contributed by atoms with van der Waals surface area (Å²) < 4.78 is 10.8. The molecule has 1 fully saturated rings. The molecule has 1 unspecified atom stereocenters. The van der Waals surface area contributed by atoms with Crippen molar-refractivity contribution in [1.29, 1.82) is 0 Å². The molecule has 1 N–H and O–H groups in total. The van der Waals surface area contributed by atoms with Gasteiger partial charge in [-0.3, -0.25) is 14.9 Å². The molecule has 6 heteroatoms. The van der Waals surface area contributed by atoms with E-state index < -0.39 is 5.92 Å². The monoisotopic (exact) mass is 270 g/mol. The van der Waals surface area contributed by atoms with Crippen molar-refractivity contribution in [2.24, 2.45) is 0 Å². The number of rotatable bonds is 1. The van der Waals surface area contributed by atoms with Crippen LogP contribution in [0.4, 0.5) is 0 Å². The van der Waals surface area contributed by atoms with E-state index in [1.165, 1.54) is 0 Å². The zero-order valence-electron chi connectivity index (χ0n) is 10.4. The fourth-order valence-corrected chi connectivity index (χ4v) is 2.67. The Morgan fingerprint density at radius 1 is 1.25 bits per heavy atom. The molecule has 2 aromatic heterocycles. The van der Waals surface area contributed by atoms with Crippen LogP contribution < -0.4 is 5.32 Å². The van der Waals surface area contributed by atoms with Crippen LogP contribution in [-0.4, -0.2) is 17.0 Å². The maximum Gasteiger partial charge on any atom is 0.235 e. The Bertz CT molecular complexity index is 845. The van der Waals surface area contributed by atoms with Gasteiger partial charge in [0.1, 0.15) is 11.3 Å². The van der Waals surface area contributed by atoms with Gasteiger partial charge < -0.3 is 8.94 Å². The Balaban J connectivity index is 1.93. The standard InChI is InChI=1S/C14H10N2O4/c17-10-4-2-8(14(18)15-10)12-11-9(20-16-12)3-1-7-5-6-19-13(7)11/h1,3,5-6,8H,2,4H2,(H,15,17,18). The molecule has 1 atom stereocenters. The number of benzene rings is 1. The van der Waals surface area contributed by atoms with Crippen molar-refractivity contribution in [3.8, 4) is 0 Å². The highest BCUT2D eigenvalue weighted by Gasteiger charge is 2.32. The molecule has 20 heavy (non-hydrogen) atoms. The Hall–Kier alpha value is -2.63. The van der Waals surface area contributed by atoms with E-state index in [-0.39, 0.29) is 11.8 Å². The quantitative estimate of drug-likeness (QED) is 0.684. The second-order valence-electron chi connectivity index (χ2n) is 4.85. The van der Waals surface area contributed by atoms with Crippen LogP contribution in [-0.2, 0) is 9.59 Å². The second kappa shape index (κ2) is 3.93. The average Bonchev–Trinajstić information content (AvgIpc) is 3.03. The summed E-state index contributed by atoms with van der Waals surface area (Å²) in [6, 6.07) is 5.52. The topological polar surface area (TPSA) is 85.3 Å². The van der Waals surface area contributed by atoms with Crippen molar-refractivity contribution in [3.05, 3.63) is 30.2 Å². The van der Waals surface area contributed by atoms with Gasteiger partial charge in [-0.2, -0.15) is 0 Å². The fraction of sp³-hybridized carbons (Fsp3) is 0.214. The van der Waals surface area contributed by atoms with Crippen molar-refractivity contribution in [2.45, 2.75) is 18.8 Å². The van der Waals surface area contributed by atoms with Gasteiger partial charge in [-0.25, -0.2) is 0 Å². The lowest BCUT2D eigenvalue weighted by Gasteiger charge is -2.18. The lowest BCUT2D eigenvalue weighted by Crippen LogP contribution is -2.39. The number of carbonyl (C=O) groups is 2. The molecule has 1 saturated heterocycles. The highest BCUT2D eigenvalue weighted by atomic mass is 16.5. The van der Waals surface area contributed by atoms with Crippen molar-refractivity contribution >= 4 is 33.8 Å². The number of piperidine rings is 1. The average molecular weight is 270 g/mol. The molecule has 0 spiro atoms. The molecule has 3 aromatic rings. The number of amides is 2. The van der Waals surface area contributed by atoms with Crippen molar-refractivity contribution in [1.82, 2.24) is 10.5 Å². The van der Waals surface area contributed by atoms with Gasteiger partial charge in [0.05, 0.1) is 17.6 Å². The van der Waals surface area contributed by atoms with Crippen molar-refractivity contribution < 1.29 is 18.5 Å². The Labute approximate surface area is 112 Å². The third-order valence-corrected chi connectivity index (χ3v) is 3.65. The second-order valence-corrected chi connectivity index (χ2v) is 4.85. The van der Waals surface area contributed by atoms with Gasteiger partial charge in [0.25, 0.3) is 0 Å². The summed E-state index contributed by atoms with van der Waals surface area (Å²) >= 11 is 0. The summed E-state index contributed by atoms with van der Waals surface area (Å²) in [5.41, 5.74) is 1.76. The van der Waals surface area contributed by atoms with E-state index in [4.69, 9.17) is 8.94 Å². The van der Waals surface area contributed by atoms with E-state index in [1.807, 2.05) is 12.1 Å². The zero-order valence-corrected chi connectivity index (χ0v) is 10.4. The van der Waals surface area contributed by atoms with Gasteiger partial charge >= 0.3 is 0 Å². The minimum atomic E-state index is -0.482. The first-order valence-electron chi connectivity index (χ1n) is 6.33. The first-order chi connectivity index (χ1) is 9.74. The molecule has 1 aliphatic rings. The SMILES string of the molecule is O=C1CCC(c2noc3ccc4ccoc4c23)C(=O)N1. The highest BCUT2D eigenvalue weighted by molar-refractivity contribution is 6.07. The van der Waals surface area contributed by atoms with E-state index in [0.29, 0.717) is 35.1 Å². The van der Waals surface area contributed by atoms with Crippen LogP contribution in [0.25, 0.3) is 21.9 Å². The summed E-state index contributed by atoms with van der Waals surface area (Å²) in [5, 5.41) is 7.99. The van der Waals surface area contributed by atoms with Crippen LogP contribution in [0.2, 0.25) is 0 Å². The number of fused-ring (bicyclic) bond motifs is 3. The van der Waals surface area contributed by atoms with Gasteiger partial charge in [0.2, 0.25) is 11.8 Å². The number of carbonyl (C=O) groups excluding carboxylic acids is 2. The minimum Gasteiger partial charge on any atom is -0.463 e. The maximum atomic E-state index is 12.0. The normalized spacial score (nSPS) is 19.7. The van der Waals surface area contributed by atoms with E-state index >= 15 is 0 Å². The molecule has 6 nitrogen and oxygen atoms in total. The molecule has 0 aliphatic carbocycles. The summed E-state index contributed by atoms with van der Waals surface area (Å²) in [5.74, 6) is -1.06. The predicted octanol–water partition coefficient (Wildman–Crippen LogP) is 2.09. The lowest BCUT2D eigenvalue weighted by atomic mass is 9.92. The van der Waals surface area contributed by atoms with Crippen LogP contribution in [0.5, 0.6) is 0 Å². The number of hydrogen-bond acceptors (Lipinski definition) is 5. The third-order valence-electron chi connectivity index (χ3n) is 3.65. The molecule has 0 bridgehead atoms. The van der Waals surface area contributed by atoms with Crippen molar-refractivity contribution in [3.63, 3.8) is 0 Å². The van der Waals surface area contributed by atoms with Crippen LogP contribution >= 0.6 is 0 Å². The summed E-state index contributed by atoms with van der Waals surface area (Å²) in [6.45, 7) is 0. The summed E-state index contributed by atoms with van der Waals surface area (Å²) in [7, 11) is 0. The largest absolute Gasteiger partial charge is 0.463 e. The molecule has 100 valence electrons. The molecule has 2 amide bonds. The number of nitrogens with one attached hydrogen (secondary N) is 1. The number of aromatic nitrogens is 1. The Kier molecular flexibility index (Phi) is 2.20. The molecule has 1 aliphatic heterocycles. The van der Waals surface area contributed by atoms with Crippen LogP contribution in [0.1, 0.15) is 24.5 Å². The van der Waals surface area contributed by atoms with E-state index in [0.717, 1.165) is 5.39 Å². The van der Waals surface area contributed by atoms with Gasteiger partial charge in [-0.15, -0.1) is 0 Å². The van der Waals surface area contributed by atoms with Gasteiger partial charge in [-0.05, 0) is 24.6 Å². The van der Waals surface area contributed by atoms with Crippen LogP contribution in [0.3, 0.4) is 0 Å². The van der Waals surface area contributed by atoms with Crippen molar-refractivity contribution in [2.75, 3.05) is 0 Å². The van der Waals surface area contributed by atoms with Gasteiger partial charge in [0, 0.05) is 11.8 Å². The van der Waals surface area contributed by atoms with Gasteiger partial charge in [0.15, 0.2) is 5.58 Å². The molecular weight excluding hydrogens is 260 g/mol. The third kappa shape index (κ3) is 1.48. The maximum absolute atomic E-state index is 12.0.